The highest BCUT2D eigenvalue weighted by Crippen LogP contribution is 2.14. The minimum absolute atomic E-state index is 0.377. The summed E-state index contributed by atoms with van der Waals surface area (Å²) in [6.07, 6.45) is 0. The average Bonchev–Trinajstić information content (AvgIpc) is 1.83. The molecule has 1 unspecified atom stereocenters. The van der Waals surface area contributed by atoms with Gasteiger partial charge in [0, 0.05) is 19.1 Å². The maximum Gasteiger partial charge on any atom is 0.0174 e. The topological polar surface area (TPSA) is 40.1 Å². The van der Waals surface area contributed by atoms with Crippen LogP contribution in [0.5, 0.6) is 0 Å². The van der Waals surface area contributed by atoms with Crippen LogP contribution in [0.3, 0.4) is 0 Å². The molecule has 0 bridgehead atoms. The fraction of sp³-hybridized carbons (Fsp3) is 1.00. The number of nitrogens with zero attached hydrogens (tertiary/aromatic N) is 1. The van der Waals surface area contributed by atoms with Crippen LogP contribution in [-0.4, -0.2) is 19.1 Å². The van der Waals surface area contributed by atoms with Crippen LogP contribution in [0.25, 0.3) is 0 Å². The molecule has 1 radical (unpaired) electrons. The molecule has 1 aliphatic heterocycles. The normalized spacial score (nSPS) is 45.0. The predicted octanol–water partition coefficient (Wildman–Crippen LogP) is 0.204. The Labute approximate surface area is 56.8 Å². The zero-order chi connectivity index (χ0) is 6.85. The van der Waals surface area contributed by atoms with Gasteiger partial charge in [-0.15, -0.1) is 0 Å². The van der Waals surface area contributed by atoms with E-state index >= 15 is 0 Å². The summed E-state index contributed by atoms with van der Waals surface area (Å²) in [7, 11) is 0. The molecule has 0 aromatic carbocycles. The third-order valence-electron chi connectivity index (χ3n) is 2.15. The van der Waals surface area contributed by atoms with Gasteiger partial charge in [-0.3, -0.25) is 0 Å². The summed E-state index contributed by atoms with van der Waals surface area (Å²) < 4.78 is 0. The van der Waals surface area contributed by atoms with E-state index < -0.39 is 0 Å². The molecule has 1 rings (SSSR count). The molecule has 0 aliphatic carbocycles. The highest BCUT2D eigenvalue weighted by Gasteiger charge is 2.23. The Morgan fingerprint density at radius 2 is 1.67 bits per heavy atom. The van der Waals surface area contributed by atoms with Gasteiger partial charge in [-0.2, -0.15) is 0 Å². The van der Waals surface area contributed by atoms with Crippen molar-refractivity contribution >= 4 is 0 Å². The Morgan fingerprint density at radius 3 is 2.00 bits per heavy atom. The van der Waals surface area contributed by atoms with E-state index in [1.54, 1.807) is 0 Å². The molecule has 2 heteroatoms. The highest BCUT2D eigenvalue weighted by atomic mass is 14.9. The second-order valence-electron chi connectivity index (χ2n) is 3.12. The van der Waals surface area contributed by atoms with Gasteiger partial charge in [-0.05, 0) is 11.8 Å². The summed E-state index contributed by atoms with van der Waals surface area (Å²) in [5.41, 5.74) is 5.86. The second-order valence-corrected chi connectivity index (χ2v) is 3.12. The van der Waals surface area contributed by atoms with E-state index in [0.717, 1.165) is 13.1 Å². The summed E-state index contributed by atoms with van der Waals surface area (Å²) in [5, 5.41) is 4.31. The third-order valence-corrected chi connectivity index (χ3v) is 2.15. The molecule has 0 saturated carbocycles. The van der Waals surface area contributed by atoms with Gasteiger partial charge in [0.05, 0.1) is 0 Å². The Morgan fingerprint density at radius 1 is 1.22 bits per heavy atom. The number of hydrogen-bond acceptors (Lipinski definition) is 1. The molecular formula is C7H15N2. The van der Waals surface area contributed by atoms with Crippen LogP contribution in [0.4, 0.5) is 0 Å². The van der Waals surface area contributed by atoms with E-state index in [4.69, 9.17) is 5.73 Å². The Balaban J connectivity index is 2.41. The highest BCUT2D eigenvalue weighted by molar-refractivity contribution is 4.82. The van der Waals surface area contributed by atoms with Crippen LogP contribution in [0, 0.1) is 11.8 Å². The quantitative estimate of drug-likeness (QED) is 0.496. The largest absolute Gasteiger partial charge is 0.327 e. The molecule has 0 amide bonds. The fourth-order valence-corrected chi connectivity index (χ4v) is 1.29. The molecule has 2 N–H and O–H groups in total. The van der Waals surface area contributed by atoms with Gasteiger partial charge in [0.2, 0.25) is 0 Å². The summed E-state index contributed by atoms with van der Waals surface area (Å²) in [6, 6.07) is 0.377. The summed E-state index contributed by atoms with van der Waals surface area (Å²) >= 11 is 0. The van der Waals surface area contributed by atoms with Gasteiger partial charge in [0.1, 0.15) is 0 Å². The Hall–Kier alpha value is -0.0800. The molecule has 0 spiro atoms. The van der Waals surface area contributed by atoms with E-state index in [1.165, 1.54) is 0 Å². The zero-order valence-electron chi connectivity index (χ0n) is 6.17. The zero-order valence-corrected chi connectivity index (χ0v) is 6.17. The fourth-order valence-electron chi connectivity index (χ4n) is 1.29. The first kappa shape index (κ1) is 7.03. The first-order valence-electron chi connectivity index (χ1n) is 3.60. The van der Waals surface area contributed by atoms with Gasteiger partial charge >= 0.3 is 0 Å². The van der Waals surface area contributed by atoms with Crippen molar-refractivity contribution in [3.8, 4) is 0 Å². The van der Waals surface area contributed by atoms with Crippen molar-refractivity contribution in [2.75, 3.05) is 13.1 Å². The number of rotatable bonds is 0. The van der Waals surface area contributed by atoms with Gasteiger partial charge in [-0.1, -0.05) is 13.8 Å². The van der Waals surface area contributed by atoms with E-state index in [0.29, 0.717) is 17.9 Å². The lowest BCUT2D eigenvalue weighted by Gasteiger charge is -2.30. The van der Waals surface area contributed by atoms with Crippen LogP contribution in [0.2, 0.25) is 0 Å². The van der Waals surface area contributed by atoms with Gasteiger partial charge in [0.15, 0.2) is 0 Å². The van der Waals surface area contributed by atoms with Crippen molar-refractivity contribution in [1.82, 2.24) is 5.32 Å². The molecule has 2 nitrogen and oxygen atoms in total. The van der Waals surface area contributed by atoms with Crippen molar-refractivity contribution in [3.63, 3.8) is 0 Å². The van der Waals surface area contributed by atoms with Crippen molar-refractivity contribution < 1.29 is 0 Å². The number of nitrogens with two attached hydrogens (primary N) is 1. The van der Waals surface area contributed by atoms with Crippen LogP contribution >= 0.6 is 0 Å². The third kappa shape index (κ3) is 1.43. The van der Waals surface area contributed by atoms with Crippen molar-refractivity contribution in [2.24, 2.45) is 17.6 Å². The van der Waals surface area contributed by atoms with E-state index in [2.05, 4.69) is 19.2 Å². The Kier molecular flexibility index (Phi) is 2.09. The van der Waals surface area contributed by atoms with Crippen LogP contribution in [-0.2, 0) is 0 Å². The molecule has 0 aromatic rings. The standard InChI is InChI=1S/C7H15N2/c1-5-3-9-4-6(2)7(5)8/h5-7H,3-4,8H2,1-2H3/t5-,6+,7?. The van der Waals surface area contributed by atoms with Crippen LogP contribution in [0.1, 0.15) is 13.8 Å². The molecule has 3 atom stereocenters. The lowest BCUT2D eigenvalue weighted by Crippen LogP contribution is -2.46. The summed E-state index contributed by atoms with van der Waals surface area (Å²) in [5.74, 6) is 1.18. The predicted molar refractivity (Wildman–Crippen MR) is 38.2 cm³/mol. The van der Waals surface area contributed by atoms with Crippen molar-refractivity contribution in [1.29, 1.82) is 0 Å². The van der Waals surface area contributed by atoms with Crippen LogP contribution < -0.4 is 11.1 Å². The maximum absolute atomic E-state index is 5.86. The van der Waals surface area contributed by atoms with Gasteiger partial charge in [0.25, 0.3) is 0 Å². The number of piperidine rings is 1. The monoisotopic (exact) mass is 127 g/mol. The maximum atomic E-state index is 5.86. The summed E-state index contributed by atoms with van der Waals surface area (Å²) in [4.78, 5) is 0. The van der Waals surface area contributed by atoms with E-state index in [-0.39, 0.29) is 0 Å². The minimum Gasteiger partial charge on any atom is -0.327 e. The van der Waals surface area contributed by atoms with Gasteiger partial charge in [-0.25, -0.2) is 5.32 Å². The van der Waals surface area contributed by atoms with Crippen molar-refractivity contribution in [2.45, 2.75) is 19.9 Å². The lowest BCUT2D eigenvalue weighted by atomic mass is 9.88. The second kappa shape index (κ2) is 2.67. The first-order valence-corrected chi connectivity index (χ1v) is 3.60. The molecule has 0 aromatic heterocycles. The van der Waals surface area contributed by atoms with Crippen LogP contribution in [0.15, 0.2) is 0 Å². The number of hydrogen-bond donors (Lipinski definition) is 1. The molecule has 53 valence electrons. The molecule has 9 heavy (non-hydrogen) atoms. The Bertz CT molecular complexity index is 82.9. The van der Waals surface area contributed by atoms with E-state index in [1.807, 2.05) is 0 Å². The molecular weight excluding hydrogens is 112 g/mol. The smallest absolute Gasteiger partial charge is 0.0174 e. The van der Waals surface area contributed by atoms with Gasteiger partial charge < -0.3 is 5.73 Å². The minimum atomic E-state index is 0.377. The molecule has 1 saturated heterocycles. The SMILES string of the molecule is C[C@@H]1C[N]C[C@H](C)C1N. The molecule has 1 aliphatic rings. The average molecular weight is 127 g/mol. The molecule has 1 heterocycles. The van der Waals surface area contributed by atoms with Crippen molar-refractivity contribution in [3.05, 3.63) is 0 Å². The first-order chi connectivity index (χ1) is 4.22. The summed E-state index contributed by atoms with van der Waals surface area (Å²) in [6.45, 7) is 6.27. The van der Waals surface area contributed by atoms with E-state index in [9.17, 15) is 0 Å². The molecule has 1 fully saturated rings. The lowest BCUT2D eigenvalue weighted by molar-refractivity contribution is 0.266.